The van der Waals surface area contributed by atoms with Gasteiger partial charge in [-0.2, -0.15) is 0 Å². The molecule has 0 N–H and O–H groups in total. The fraction of sp³-hybridized carbons (Fsp3) is 0.154. The Morgan fingerprint density at radius 3 is 2.76 bits per heavy atom. The molecule has 0 aliphatic heterocycles. The lowest BCUT2D eigenvalue weighted by Gasteiger charge is -1.99. The molecule has 1 aromatic heterocycles. The van der Waals surface area contributed by atoms with Crippen LogP contribution in [-0.4, -0.2) is 5.78 Å². The minimum atomic E-state index is -0.433. The predicted molar refractivity (Wildman–Crippen MR) is 69.3 cm³/mol. The Kier molecular flexibility index (Phi) is 3.60. The molecule has 0 amide bonds. The van der Waals surface area contributed by atoms with Crippen LogP contribution >= 0.6 is 22.9 Å². The normalized spacial score (nSPS) is 10.5. The van der Waals surface area contributed by atoms with E-state index in [-0.39, 0.29) is 10.8 Å². The third-order valence-corrected chi connectivity index (χ3v) is 3.87. The highest BCUT2D eigenvalue weighted by Gasteiger charge is 2.09. The lowest BCUT2D eigenvalue weighted by atomic mass is 10.2. The molecule has 4 heteroatoms. The molecule has 1 heterocycles. The first-order valence-corrected chi connectivity index (χ1v) is 6.39. The summed E-state index contributed by atoms with van der Waals surface area (Å²) >= 11 is 7.13. The lowest BCUT2D eigenvalue weighted by Crippen LogP contribution is -1.90. The zero-order valence-electron chi connectivity index (χ0n) is 9.17. The number of carbonyl (C=O) groups excluding carboxylic acids is 1. The average Bonchev–Trinajstić information content (AvgIpc) is 2.81. The summed E-state index contributed by atoms with van der Waals surface area (Å²) in [6.45, 7) is 1.83. The second-order valence-electron chi connectivity index (χ2n) is 3.57. The van der Waals surface area contributed by atoms with Gasteiger partial charge in [-0.1, -0.05) is 24.6 Å². The van der Waals surface area contributed by atoms with Crippen molar-refractivity contribution in [1.82, 2.24) is 0 Å². The largest absolute Gasteiger partial charge is 0.293 e. The highest BCUT2D eigenvalue weighted by Crippen LogP contribution is 2.31. The Hall–Kier alpha value is -1.19. The topological polar surface area (TPSA) is 17.1 Å². The van der Waals surface area contributed by atoms with Crippen LogP contribution in [0, 0.1) is 5.82 Å². The Labute approximate surface area is 108 Å². The molecule has 0 bridgehead atoms. The van der Waals surface area contributed by atoms with Gasteiger partial charge in [0.1, 0.15) is 5.82 Å². The Morgan fingerprint density at radius 2 is 2.12 bits per heavy atom. The van der Waals surface area contributed by atoms with E-state index in [1.54, 1.807) is 18.2 Å². The number of ketones is 1. The third-order valence-electron chi connectivity index (χ3n) is 2.41. The van der Waals surface area contributed by atoms with Gasteiger partial charge in [0, 0.05) is 11.3 Å². The van der Waals surface area contributed by atoms with Crippen molar-refractivity contribution in [1.29, 1.82) is 0 Å². The molecule has 1 aromatic carbocycles. The van der Waals surface area contributed by atoms with E-state index in [2.05, 4.69) is 0 Å². The fourth-order valence-corrected chi connectivity index (χ4v) is 2.66. The zero-order valence-corrected chi connectivity index (χ0v) is 10.7. The summed E-state index contributed by atoms with van der Waals surface area (Å²) in [5.41, 5.74) is 0.830. The fourth-order valence-electron chi connectivity index (χ4n) is 1.47. The van der Waals surface area contributed by atoms with Crippen LogP contribution in [0.5, 0.6) is 0 Å². The summed E-state index contributed by atoms with van der Waals surface area (Å²) in [6, 6.07) is 8.22. The van der Waals surface area contributed by atoms with Crippen LogP contribution < -0.4 is 0 Å². The summed E-state index contributed by atoms with van der Waals surface area (Å²) in [5.74, 6) is -0.314. The van der Waals surface area contributed by atoms with Crippen molar-refractivity contribution in [3.05, 3.63) is 46.0 Å². The number of Topliss-reactive ketones (excluding diaryl/α,β-unsaturated/α-hetero) is 1. The number of halogens is 2. The molecule has 17 heavy (non-hydrogen) atoms. The first-order valence-electron chi connectivity index (χ1n) is 5.20. The molecule has 0 atom stereocenters. The average molecular weight is 269 g/mol. The molecule has 1 nitrogen and oxygen atoms in total. The molecule has 2 rings (SSSR count). The van der Waals surface area contributed by atoms with Crippen LogP contribution in [0.25, 0.3) is 10.4 Å². The van der Waals surface area contributed by atoms with Gasteiger partial charge in [0.2, 0.25) is 0 Å². The van der Waals surface area contributed by atoms with E-state index in [1.807, 2.05) is 13.0 Å². The maximum absolute atomic E-state index is 13.0. The number of hydrogen-bond donors (Lipinski definition) is 0. The Morgan fingerprint density at radius 1 is 1.35 bits per heavy atom. The number of hydrogen-bond acceptors (Lipinski definition) is 2. The van der Waals surface area contributed by atoms with E-state index < -0.39 is 5.82 Å². The molecular formula is C13H10ClFOS. The van der Waals surface area contributed by atoms with Gasteiger partial charge in [0.05, 0.1) is 9.90 Å². The van der Waals surface area contributed by atoms with Crippen LogP contribution in [0.2, 0.25) is 5.02 Å². The lowest BCUT2D eigenvalue weighted by molar-refractivity contribution is 0.0992. The van der Waals surface area contributed by atoms with Crippen LogP contribution in [0.15, 0.2) is 30.3 Å². The smallest absolute Gasteiger partial charge is 0.172 e. The summed E-state index contributed by atoms with van der Waals surface area (Å²) in [7, 11) is 0. The maximum atomic E-state index is 13.0. The summed E-state index contributed by atoms with van der Waals surface area (Å²) in [5, 5.41) is 0.0965. The van der Waals surface area contributed by atoms with Gasteiger partial charge in [-0.25, -0.2) is 4.39 Å². The molecular weight excluding hydrogens is 259 g/mol. The molecule has 0 saturated carbocycles. The first kappa shape index (κ1) is 12.3. The second-order valence-corrected chi connectivity index (χ2v) is 5.06. The SMILES string of the molecule is CCC(=O)c1ccc(-c2ccc(F)c(Cl)c2)s1. The number of rotatable bonds is 3. The van der Waals surface area contributed by atoms with Gasteiger partial charge >= 0.3 is 0 Å². The van der Waals surface area contributed by atoms with Gasteiger partial charge < -0.3 is 0 Å². The standard InChI is InChI=1S/C13H10ClFOS/c1-2-11(16)13-6-5-12(17-13)8-3-4-10(15)9(14)7-8/h3-7H,2H2,1H3. The van der Waals surface area contributed by atoms with Crippen molar-refractivity contribution < 1.29 is 9.18 Å². The van der Waals surface area contributed by atoms with Crippen molar-refractivity contribution in [3.8, 4) is 10.4 Å². The van der Waals surface area contributed by atoms with Crippen molar-refractivity contribution >= 4 is 28.7 Å². The van der Waals surface area contributed by atoms with Gasteiger partial charge in [0.15, 0.2) is 5.78 Å². The monoisotopic (exact) mass is 268 g/mol. The number of carbonyl (C=O) groups is 1. The minimum Gasteiger partial charge on any atom is -0.293 e. The maximum Gasteiger partial charge on any atom is 0.172 e. The third kappa shape index (κ3) is 2.56. The molecule has 0 fully saturated rings. The van der Waals surface area contributed by atoms with Gasteiger partial charge in [-0.05, 0) is 29.8 Å². The summed E-state index contributed by atoms with van der Waals surface area (Å²) < 4.78 is 13.0. The molecule has 0 aliphatic carbocycles. The molecule has 0 unspecified atom stereocenters. The van der Waals surface area contributed by atoms with Crippen molar-refractivity contribution in [2.24, 2.45) is 0 Å². The summed E-state index contributed by atoms with van der Waals surface area (Å²) in [6.07, 6.45) is 0.490. The Balaban J connectivity index is 2.37. The van der Waals surface area contributed by atoms with Gasteiger partial charge in [0.25, 0.3) is 0 Å². The van der Waals surface area contributed by atoms with E-state index in [1.165, 1.54) is 17.4 Å². The first-order chi connectivity index (χ1) is 8.11. The zero-order chi connectivity index (χ0) is 12.4. The van der Waals surface area contributed by atoms with E-state index in [4.69, 9.17) is 11.6 Å². The van der Waals surface area contributed by atoms with E-state index >= 15 is 0 Å². The van der Waals surface area contributed by atoms with E-state index in [0.29, 0.717) is 6.42 Å². The van der Waals surface area contributed by atoms with Crippen molar-refractivity contribution in [2.45, 2.75) is 13.3 Å². The van der Waals surface area contributed by atoms with Crippen molar-refractivity contribution in [2.75, 3.05) is 0 Å². The van der Waals surface area contributed by atoms with E-state index in [0.717, 1.165) is 15.3 Å². The highest BCUT2D eigenvalue weighted by molar-refractivity contribution is 7.17. The van der Waals surface area contributed by atoms with Crippen LogP contribution in [0.1, 0.15) is 23.0 Å². The Bertz CT molecular complexity index is 562. The molecule has 88 valence electrons. The highest BCUT2D eigenvalue weighted by atomic mass is 35.5. The molecule has 0 radical (unpaired) electrons. The molecule has 0 spiro atoms. The molecule has 0 aliphatic rings. The van der Waals surface area contributed by atoms with Crippen LogP contribution in [-0.2, 0) is 0 Å². The quantitative estimate of drug-likeness (QED) is 0.731. The van der Waals surface area contributed by atoms with Crippen LogP contribution in [0.4, 0.5) is 4.39 Å². The van der Waals surface area contributed by atoms with Crippen LogP contribution in [0.3, 0.4) is 0 Å². The van der Waals surface area contributed by atoms with Gasteiger partial charge in [-0.15, -0.1) is 11.3 Å². The van der Waals surface area contributed by atoms with E-state index in [9.17, 15) is 9.18 Å². The predicted octanol–water partition coefficient (Wildman–Crippen LogP) is 4.80. The molecule has 2 aromatic rings. The van der Waals surface area contributed by atoms with Gasteiger partial charge in [-0.3, -0.25) is 4.79 Å². The number of thiophene rings is 1. The molecule has 0 saturated heterocycles. The minimum absolute atomic E-state index is 0.0965. The summed E-state index contributed by atoms with van der Waals surface area (Å²) in [4.78, 5) is 13.1. The second kappa shape index (κ2) is 4.98. The number of benzene rings is 1. The van der Waals surface area contributed by atoms with Crippen molar-refractivity contribution in [3.63, 3.8) is 0 Å².